The fourth-order valence-corrected chi connectivity index (χ4v) is 4.23. The highest BCUT2D eigenvalue weighted by Gasteiger charge is 2.30. The summed E-state index contributed by atoms with van der Waals surface area (Å²) in [6.45, 7) is 11.0. The molecule has 2 unspecified atom stereocenters. The van der Waals surface area contributed by atoms with Gasteiger partial charge in [0.05, 0.1) is 7.11 Å². The van der Waals surface area contributed by atoms with Crippen LogP contribution in [0.5, 0.6) is 5.75 Å². The van der Waals surface area contributed by atoms with Crippen LogP contribution in [0.25, 0.3) is 0 Å². The van der Waals surface area contributed by atoms with E-state index in [4.69, 9.17) is 9.73 Å². The molecule has 2 aliphatic rings. The van der Waals surface area contributed by atoms with Crippen molar-refractivity contribution in [1.29, 1.82) is 0 Å². The molecule has 2 aliphatic heterocycles. The van der Waals surface area contributed by atoms with Gasteiger partial charge in [0.25, 0.3) is 0 Å². The molecular formula is C22H36N4O. The Morgan fingerprint density at radius 2 is 1.96 bits per heavy atom. The van der Waals surface area contributed by atoms with Crippen LogP contribution >= 0.6 is 0 Å². The molecule has 2 heterocycles. The maximum absolute atomic E-state index is 5.25. The van der Waals surface area contributed by atoms with Gasteiger partial charge in [-0.25, -0.2) is 0 Å². The minimum atomic E-state index is 0.499. The zero-order chi connectivity index (χ0) is 19.1. The first-order valence-corrected chi connectivity index (χ1v) is 10.6. The number of ether oxygens (including phenoxy) is 1. The summed E-state index contributed by atoms with van der Waals surface area (Å²) in [6.07, 6.45) is 5.07. The lowest BCUT2D eigenvalue weighted by molar-refractivity contribution is 0.249. The summed E-state index contributed by atoms with van der Waals surface area (Å²) >= 11 is 0. The number of rotatable bonds is 7. The van der Waals surface area contributed by atoms with Gasteiger partial charge in [-0.1, -0.05) is 19.1 Å². The summed E-state index contributed by atoms with van der Waals surface area (Å²) < 4.78 is 5.25. The van der Waals surface area contributed by atoms with E-state index in [1.54, 1.807) is 7.11 Å². The Hall–Kier alpha value is -1.75. The monoisotopic (exact) mass is 372 g/mol. The summed E-state index contributed by atoms with van der Waals surface area (Å²) in [7, 11) is 1.71. The molecule has 0 spiro atoms. The van der Waals surface area contributed by atoms with Crippen LogP contribution in [0.4, 0.5) is 0 Å². The molecule has 27 heavy (non-hydrogen) atoms. The van der Waals surface area contributed by atoms with E-state index in [1.165, 1.54) is 37.9 Å². The minimum Gasteiger partial charge on any atom is -0.497 e. The zero-order valence-corrected chi connectivity index (χ0v) is 17.3. The van der Waals surface area contributed by atoms with Crippen molar-refractivity contribution in [2.45, 2.75) is 51.5 Å². The largest absolute Gasteiger partial charge is 0.497 e. The van der Waals surface area contributed by atoms with Gasteiger partial charge in [0.1, 0.15) is 5.75 Å². The van der Waals surface area contributed by atoms with Gasteiger partial charge in [-0.15, -0.1) is 0 Å². The summed E-state index contributed by atoms with van der Waals surface area (Å²) in [5.74, 6) is 2.51. The van der Waals surface area contributed by atoms with Crippen LogP contribution in [-0.4, -0.2) is 68.2 Å². The number of hydrogen-bond donors (Lipinski definition) is 1. The first kappa shape index (κ1) is 20.0. The molecule has 2 atom stereocenters. The number of guanidine groups is 1. The number of likely N-dealkylation sites (tertiary alicyclic amines) is 2. The normalized spacial score (nSPS) is 22.3. The van der Waals surface area contributed by atoms with Crippen LogP contribution in [-0.2, 0) is 0 Å². The van der Waals surface area contributed by atoms with E-state index < -0.39 is 0 Å². The summed E-state index contributed by atoms with van der Waals surface area (Å²) in [4.78, 5) is 10.1. The van der Waals surface area contributed by atoms with Crippen molar-refractivity contribution >= 4 is 5.96 Å². The Balaban J connectivity index is 1.52. The maximum Gasteiger partial charge on any atom is 0.193 e. The first-order chi connectivity index (χ1) is 13.2. The molecule has 1 N–H and O–H groups in total. The van der Waals surface area contributed by atoms with Gasteiger partial charge < -0.3 is 15.0 Å². The first-order valence-electron chi connectivity index (χ1n) is 10.6. The number of methoxy groups -OCH3 is 1. The number of nitrogens with zero attached hydrogens (tertiary/aromatic N) is 3. The molecular weight excluding hydrogens is 336 g/mol. The average molecular weight is 373 g/mol. The van der Waals surface area contributed by atoms with Crippen LogP contribution in [0.15, 0.2) is 29.3 Å². The topological polar surface area (TPSA) is 40.1 Å². The second-order valence-corrected chi connectivity index (χ2v) is 7.83. The number of benzene rings is 1. The van der Waals surface area contributed by atoms with E-state index >= 15 is 0 Å². The Bertz CT molecular complexity index is 595. The predicted molar refractivity (Wildman–Crippen MR) is 113 cm³/mol. The van der Waals surface area contributed by atoms with Gasteiger partial charge in [0, 0.05) is 32.2 Å². The van der Waals surface area contributed by atoms with Crippen molar-refractivity contribution in [2.75, 3.05) is 46.4 Å². The Kier molecular flexibility index (Phi) is 7.39. The van der Waals surface area contributed by atoms with E-state index in [0.717, 1.165) is 50.4 Å². The molecule has 0 amide bonds. The van der Waals surface area contributed by atoms with E-state index in [1.807, 2.05) is 12.1 Å². The molecule has 3 rings (SSSR count). The highest BCUT2D eigenvalue weighted by Crippen LogP contribution is 2.23. The van der Waals surface area contributed by atoms with Gasteiger partial charge >= 0.3 is 0 Å². The van der Waals surface area contributed by atoms with E-state index in [-0.39, 0.29) is 0 Å². The molecule has 5 nitrogen and oxygen atoms in total. The number of nitrogens with one attached hydrogen (secondary N) is 1. The molecule has 0 aliphatic carbocycles. The minimum absolute atomic E-state index is 0.499. The third-order valence-electron chi connectivity index (χ3n) is 5.96. The Labute approximate surface area is 164 Å². The zero-order valence-electron chi connectivity index (χ0n) is 17.3. The smallest absolute Gasteiger partial charge is 0.193 e. The summed E-state index contributed by atoms with van der Waals surface area (Å²) in [5, 5.41) is 3.51. The van der Waals surface area contributed by atoms with Crippen LogP contribution < -0.4 is 10.1 Å². The number of aliphatic imine (C=N–C) groups is 1. The van der Waals surface area contributed by atoms with E-state index in [9.17, 15) is 0 Å². The molecule has 0 saturated carbocycles. The maximum atomic E-state index is 5.25. The molecule has 0 aromatic heterocycles. The van der Waals surface area contributed by atoms with Crippen molar-refractivity contribution in [3.63, 3.8) is 0 Å². The average Bonchev–Trinajstić information content (AvgIpc) is 3.39. The van der Waals surface area contributed by atoms with Crippen molar-refractivity contribution in [2.24, 2.45) is 4.99 Å². The van der Waals surface area contributed by atoms with Crippen LogP contribution in [0, 0.1) is 0 Å². The highest BCUT2D eigenvalue weighted by molar-refractivity contribution is 5.80. The Morgan fingerprint density at radius 1 is 1.22 bits per heavy atom. The van der Waals surface area contributed by atoms with Gasteiger partial charge in [-0.2, -0.15) is 0 Å². The van der Waals surface area contributed by atoms with Gasteiger partial charge in [-0.05, 0) is 69.3 Å². The van der Waals surface area contributed by atoms with Crippen LogP contribution in [0.2, 0.25) is 0 Å². The van der Waals surface area contributed by atoms with Crippen molar-refractivity contribution in [3.05, 3.63) is 29.8 Å². The molecule has 0 bridgehead atoms. The van der Waals surface area contributed by atoms with Crippen molar-refractivity contribution in [3.8, 4) is 5.75 Å². The molecule has 150 valence electrons. The number of hydrogen-bond acceptors (Lipinski definition) is 3. The fourth-order valence-electron chi connectivity index (χ4n) is 4.23. The standard InChI is InChI=1S/C22H36N4O/c1-4-23-22(26-16-12-20(17-26)25-14-5-6-15-25)24-13-11-18(2)19-7-9-21(27-3)10-8-19/h7-10,18,20H,4-6,11-17H2,1-3H3,(H,23,24). The summed E-state index contributed by atoms with van der Waals surface area (Å²) in [5.41, 5.74) is 1.35. The second kappa shape index (κ2) is 9.98. The third kappa shape index (κ3) is 5.38. The summed E-state index contributed by atoms with van der Waals surface area (Å²) in [6, 6.07) is 9.14. The molecule has 2 saturated heterocycles. The quantitative estimate of drug-likeness (QED) is 0.589. The van der Waals surface area contributed by atoms with E-state index in [0.29, 0.717) is 5.92 Å². The molecule has 0 radical (unpaired) electrons. The van der Waals surface area contributed by atoms with Crippen molar-refractivity contribution < 1.29 is 4.74 Å². The van der Waals surface area contributed by atoms with Crippen LogP contribution in [0.1, 0.15) is 51.0 Å². The SMILES string of the molecule is CCNC(=NCCC(C)c1ccc(OC)cc1)N1CCC(N2CCCC2)C1. The predicted octanol–water partition coefficient (Wildman–Crippen LogP) is 3.32. The molecule has 5 heteroatoms. The van der Waals surface area contributed by atoms with E-state index in [2.05, 4.69) is 41.1 Å². The van der Waals surface area contributed by atoms with Crippen molar-refractivity contribution in [1.82, 2.24) is 15.1 Å². The van der Waals surface area contributed by atoms with Gasteiger partial charge in [-0.3, -0.25) is 9.89 Å². The fraction of sp³-hybridized carbons (Fsp3) is 0.682. The second-order valence-electron chi connectivity index (χ2n) is 7.83. The van der Waals surface area contributed by atoms with Gasteiger partial charge in [0.15, 0.2) is 5.96 Å². The van der Waals surface area contributed by atoms with Crippen LogP contribution in [0.3, 0.4) is 0 Å². The third-order valence-corrected chi connectivity index (χ3v) is 5.96. The lowest BCUT2D eigenvalue weighted by atomic mass is 9.98. The molecule has 1 aromatic rings. The highest BCUT2D eigenvalue weighted by atomic mass is 16.5. The molecule has 2 fully saturated rings. The van der Waals surface area contributed by atoms with Gasteiger partial charge in [0.2, 0.25) is 0 Å². The Morgan fingerprint density at radius 3 is 2.63 bits per heavy atom. The molecule has 1 aromatic carbocycles. The lowest BCUT2D eigenvalue weighted by Crippen LogP contribution is -2.42. The lowest BCUT2D eigenvalue weighted by Gasteiger charge is -2.25.